The van der Waals surface area contributed by atoms with E-state index in [0.29, 0.717) is 16.7 Å². The van der Waals surface area contributed by atoms with E-state index >= 15 is 0 Å². The van der Waals surface area contributed by atoms with E-state index < -0.39 is 0 Å². The summed E-state index contributed by atoms with van der Waals surface area (Å²) in [7, 11) is 0. The van der Waals surface area contributed by atoms with E-state index in [1.807, 2.05) is 0 Å². The number of carbonyl (C=O) groups is 1. The van der Waals surface area contributed by atoms with Crippen LogP contribution in [0.25, 0.3) is 0 Å². The van der Waals surface area contributed by atoms with Crippen molar-refractivity contribution in [2.24, 2.45) is 40.4 Å². The molecule has 0 aliphatic heterocycles. The van der Waals surface area contributed by atoms with E-state index in [0.717, 1.165) is 30.1 Å². The third kappa shape index (κ3) is 2.71. The minimum Gasteiger partial charge on any atom is -0.303 e. The zero-order valence-electron chi connectivity index (χ0n) is 15.9. The fourth-order valence-electron chi connectivity index (χ4n) is 7.21. The molecular formula is C22H38O. The lowest BCUT2D eigenvalue weighted by Crippen LogP contribution is -2.54. The van der Waals surface area contributed by atoms with Crippen LogP contribution in [-0.4, -0.2) is 6.29 Å². The molecule has 0 bridgehead atoms. The van der Waals surface area contributed by atoms with Crippen molar-refractivity contribution >= 4 is 6.29 Å². The SMILES string of the molecule is CCCC1C2CCC3(C)C(C=O)CCCC3C2CCC1(C)CC. The molecular weight excluding hydrogens is 280 g/mol. The van der Waals surface area contributed by atoms with Crippen LogP contribution >= 0.6 is 0 Å². The highest BCUT2D eigenvalue weighted by atomic mass is 16.1. The Morgan fingerprint density at radius 1 is 1.00 bits per heavy atom. The molecule has 0 heterocycles. The summed E-state index contributed by atoms with van der Waals surface area (Å²) < 4.78 is 0. The van der Waals surface area contributed by atoms with Crippen LogP contribution in [0.3, 0.4) is 0 Å². The summed E-state index contributed by atoms with van der Waals surface area (Å²) in [5, 5.41) is 0. The second-order valence-corrected chi connectivity index (χ2v) is 9.59. The zero-order chi connectivity index (χ0) is 16.7. The lowest BCUT2D eigenvalue weighted by molar-refractivity contribution is -0.137. The molecule has 0 radical (unpaired) electrons. The first-order chi connectivity index (χ1) is 11.0. The Morgan fingerprint density at radius 2 is 1.74 bits per heavy atom. The van der Waals surface area contributed by atoms with Crippen molar-refractivity contribution in [1.82, 2.24) is 0 Å². The summed E-state index contributed by atoms with van der Waals surface area (Å²) in [6.45, 7) is 9.83. The molecule has 0 aromatic carbocycles. The number of fused-ring (bicyclic) bond motifs is 3. The van der Waals surface area contributed by atoms with Crippen LogP contribution in [0.15, 0.2) is 0 Å². The van der Waals surface area contributed by atoms with Gasteiger partial charge in [0.15, 0.2) is 0 Å². The van der Waals surface area contributed by atoms with Crippen molar-refractivity contribution in [2.75, 3.05) is 0 Å². The van der Waals surface area contributed by atoms with Gasteiger partial charge in [0.2, 0.25) is 0 Å². The van der Waals surface area contributed by atoms with Crippen molar-refractivity contribution in [3.8, 4) is 0 Å². The molecule has 1 heteroatoms. The normalized spacial score (nSPS) is 50.0. The number of aldehydes is 1. The van der Waals surface area contributed by atoms with Crippen LogP contribution in [0, 0.1) is 40.4 Å². The second-order valence-electron chi connectivity index (χ2n) is 9.59. The smallest absolute Gasteiger partial charge is 0.123 e. The summed E-state index contributed by atoms with van der Waals surface area (Å²) in [6.07, 6.45) is 14.8. The van der Waals surface area contributed by atoms with Gasteiger partial charge < -0.3 is 4.79 Å². The van der Waals surface area contributed by atoms with Crippen LogP contribution in [0.4, 0.5) is 0 Å². The molecule has 3 aliphatic rings. The molecule has 0 N–H and O–H groups in total. The van der Waals surface area contributed by atoms with Crippen molar-refractivity contribution < 1.29 is 4.79 Å². The Labute approximate surface area is 144 Å². The van der Waals surface area contributed by atoms with E-state index in [1.54, 1.807) is 0 Å². The lowest BCUT2D eigenvalue weighted by atomic mass is 9.44. The van der Waals surface area contributed by atoms with Crippen molar-refractivity contribution in [3.05, 3.63) is 0 Å². The Balaban J connectivity index is 1.88. The first kappa shape index (κ1) is 17.5. The maximum absolute atomic E-state index is 11.7. The van der Waals surface area contributed by atoms with Crippen LogP contribution in [0.1, 0.15) is 91.9 Å². The standard InChI is InChI=1S/C22H38O/c1-5-8-19-17-12-14-22(4)16(15-23)9-7-10-20(22)18(17)11-13-21(19,3)6-2/h15-20H,5-14H2,1-4H3. The monoisotopic (exact) mass is 318 g/mol. The third-order valence-corrected chi connectivity index (χ3v) is 8.84. The number of hydrogen-bond donors (Lipinski definition) is 0. The highest BCUT2D eigenvalue weighted by Crippen LogP contribution is 2.63. The average molecular weight is 319 g/mol. The molecule has 7 unspecified atom stereocenters. The minimum atomic E-state index is 0.317. The van der Waals surface area contributed by atoms with E-state index in [4.69, 9.17) is 0 Å². The van der Waals surface area contributed by atoms with Gasteiger partial charge in [-0.25, -0.2) is 0 Å². The van der Waals surface area contributed by atoms with Crippen molar-refractivity contribution in [3.63, 3.8) is 0 Å². The molecule has 0 aromatic rings. The summed E-state index contributed by atoms with van der Waals surface area (Å²) in [5.74, 6) is 3.94. The molecule has 0 saturated heterocycles. The first-order valence-electron chi connectivity index (χ1n) is 10.5. The quantitative estimate of drug-likeness (QED) is 0.559. The number of rotatable bonds is 4. The molecule has 3 aliphatic carbocycles. The fourth-order valence-corrected chi connectivity index (χ4v) is 7.21. The summed E-state index contributed by atoms with van der Waals surface area (Å²) in [4.78, 5) is 11.7. The summed E-state index contributed by atoms with van der Waals surface area (Å²) in [6, 6.07) is 0. The summed E-state index contributed by atoms with van der Waals surface area (Å²) >= 11 is 0. The zero-order valence-corrected chi connectivity index (χ0v) is 15.9. The predicted molar refractivity (Wildman–Crippen MR) is 97.2 cm³/mol. The molecule has 1 nitrogen and oxygen atoms in total. The molecule has 3 fully saturated rings. The van der Waals surface area contributed by atoms with E-state index in [9.17, 15) is 4.79 Å². The van der Waals surface area contributed by atoms with Gasteiger partial charge in [-0.3, -0.25) is 0 Å². The van der Waals surface area contributed by atoms with Gasteiger partial charge in [-0.2, -0.15) is 0 Å². The van der Waals surface area contributed by atoms with Crippen molar-refractivity contribution in [1.29, 1.82) is 0 Å². The van der Waals surface area contributed by atoms with Gasteiger partial charge in [-0.05, 0) is 79.4 Å². The van der Waals surface area contributed by atoms with Crippen LogP contribution in [0.5, 0.6) is 0 Å². The maximum Gasteiger partial charge on any atom is 0.123 e. The fraction of sp³-hybridized carbons (Fsp3) is 0.955. The summed E-state index contributed by atoms with van der Waals surface area (Å²) in [5.41, 5.74) is 0.890. The van der Waals surface area contributed by atoms with Gasteiger partial charge in [0, 0.05) is 5.92 Å². The molecule has 7 atom stereocenters. The molecule has 23 heavy (non-hydrogen) atoms. The van der Waals surface area contributed by atoms with Gasteiger partial charge in [-0.15, -0.1) is 0 Å². The molecule has 3 saturated carbocycles. The van der Waals surface area contributed by atoms with Crippen LogP contribution < -0.4 is 0 Å². The minimum absolute atomic E-state index is 0.317. The second kappa shape index (κ2) is 6.52. The van der Waals surface area contributed by atoms with Gasteiger partial charge >= 0.3 is 0 Å². The Morgan fingerprint density at radius 3 is 2.39 bits per heavy atom. The lowest BCUT2D eigenvalue weighted by Gasteiger charge is -2.61. The van der Waals surface area contributed by atoms with E-state index in [1.165, 1.54) is 64.1 Å². The van der Waals surface area contributed by atoms with Gasteiger partial charge in [-0.1, -0.05) is 47.0 Å². The van der Waals surface area contributed by atoms with Gasteiger partial charge in [0.1, 0.15) is 6.29 Å². The Bertz CT molecular complexity index is 430. The molecule has 0 amide bonds. The third-order valence-electron chi connectivity index (χ3n) is 8.84. The Hall–Kier alpha value is -0.330. The molecule has 0 aromatic heterocycles. The first-order valence-corrected chi connectivity index (χ1v) is 10.5. The van der Waals surface area contributed by atoms with Gasteiger partial charge in [0.25, 0.3) is 0 Å². The molecule has 132 valence electrons. The Kier molecular flexibility index (Phi) is 4.96. The molecule has 3 rings (SSSR count). The van der Waals surface area contributed by atoms with E-state index in [2.05, 4.69) is 27.7 Å². The predicted octanol–water partition coefficient (Wildman–Crippen LogP) is 6.26. The highest BCUT2D eigenvalue weighted by molar-refractivity contribution is 5.55. The van der Waals surface area contributed by atoms with Crippen LogP contribution in [0.2, 0.25) is 0 Å². The number of carbonyl (C=O) groups excluding carboxylic acids is 1. The average Bonchev–Trinajstić information content (AvgIpc) is 2.56. The van der Waals surface area contributed by atoms with Gasteiger partial charge in [0.05, 0.1) is 0 Å². The highest BCUT2D eigenvalue weighted by Gasteiger charge is 2.56. The van der Waals surface area contributed by atoms with E-state index in [-0.39, 0.29) is 0 Å². The largest absolute Gasteiger partial charge is 0.303 e. The number of hydrogen-bond acceptors (Lipinski definition) is 1. The van der Waals surface area contributed by atoms with Crippen molar-refractivity contribution in [2.45, 2.75) is 91.9 Å². The molecule has 0 spiro atoms. The topological polar surface area (TPSA) is 17.1 Å². The van der Waals surface area contributed by atoms with Crippen LogP contribution in [-0.2, 0) is 4.79 Å². The maximum atomic E-state index is 11.7.